The summed E-state index contributed by atoms with van der Waals surface area (Å²) in [6.45, 7) is 6.00. The summed E-state index contributed by atoms with van der Waals surface area (Å²) in [6, 6.07) is 5.70. The number of anilines is 1. The summed E-state index contributed by atoms with van der Waals surface area (Å²) >= 11 is 0. The smallest absolute Gasteiger partial charge is 0.258 e. The van der Waals surface area contributed by atoms with E-state index in [0.717, 1.165) is 42.5 Å². The Balaban J connectivity index is 0.00000243. The maximum atomic E-state index is 11.9. The third-order valence-electron chi connectivity index (χ3n) is 4.71. The zero-order valence-electron chi connectivity index (χ0n) is 15.5. The molecule has 7 heteroatoms. The second-order valence-electron chi connectivity index (χ2n) is 7.46. The van der Waals surface area contributed by atoms with Gasteiger partial charge in [0.2, 0.25) is 5.91 Å². The number of rotatable bonds is 5. The molecule has 1 aliphatic rings. The Bertz CT molecular complexity index is 767. The summed E-state index contributed by atoms with van der Waals surface area (Å²) in [5.74, 6) is 1.41. The van der Waals surface area contributed by atoms with Gasteiger partial charge in [0, 0.05) is 17.7 Å². The van der Waals surface area contributed by atoms with Crippen LogP contribution in [0.2, 0.25) is 0 Å². The van der Waals surface area contributed by atoms with Gasteiger partial charge in [0.1, 0.15) is 0 Å². The van der Waals surface area contributed by atoms with Gasteiger partial charge in [0.25, 0.3) is 5.89 Å². The van der Waals surface area contributed by atoms with Crippen molar-refractivity contribution in [3.8, 4) is 11.5 Å². The summed E-state index contributed by atoms with van der Waals surface area (Å²) in [4.78, 5) is 16.5. The normalized spacial score (nSPS) is 15.7. The Morgan fingerprint density at radius 1 is 1.35 bits per heavy atom. The topological polar surface area (TPSA) is 94.0 Å². The zero-order chi connectivity index (χ0) is 18.0. The van der Waals surface area contributed by atoms with Gasteiger partial charge in [0.15, 0.2) is 5.82 Å². The maximum absolute atomic E-state index is 11.9. The van der Waals surface area contributed by atoms with Crippen molar-refractivity contribution in [1.82, 2.24) is 10.1 Å². The van der Waals surface area contributed by atoms with Crippen molar-refractivity contribution < 1.29 is 9.32 Å². The largest absolute Gasteiger partial charge is 0.334 e. The molecule has 1 fully saturated rings. The molecule has 1 aromatic carbocycles. The van der Waals surface area contributed by atoms with E-state index >= 15 is 0 Å². The molecule has 0 saturated heterocycles. The number of nitrogens with two attached hydrogens (primary N) is 1. The molecule has 26 heavy (non-hydrogen) atoms. The third kappa shape index (κ3) is 4.43. The number of nitrogens with zero attached hydrogens (tertiary/aromatic N) is 2. The minimum atomic E-state index is -0.457. The molecular formula is C19H27ClN4O2. The molecule has 0 spiro atoms. The molecule has 0 unspecified atom stereocenters. The molecule has 3 rings (SSSR count). The van der Waals surface area contributed by atoms with Crippen molar-refractivity contribution in [2.45, 2.75) is 58.4 Å². The maximum Gasteiger partial charge on any atom is 0.258 e. The first-order valence-electron chi connectivity index (χ1n) is 8.91. The minimum absolute atomic E-state index is 0. The molecule has 1 saturated carbocycles. The highest BCUT2D eigenvalue weighted by Crippen LogP contribution is 2.35. The van der Waals surface area contributed by atoms with Crippen molar-refractivity contribution in [1.29, 1.82) is 0 Å². The zero-order valence-corrected chi connectivity index (χ0v) is 16.4. The van der Waals surface area contributed by atoms with Gasteiger partial charge in [-0.25, -0.2) is 0 Å². The molecule has 0 radical (unpaired) electrons. The van der Waals surface area contributed by atoms with Crippen molar-refractivity contribution in [3.05, 3.63) is 29.6 Å². The lowest BCUT2D eigenvalue weighted by Gasteiger charge is -2.17. The molecule has 6 nitrogen and oxygen atoms in total. The fourth-order valence-electron chi connectivity index (χ4n) is 3.28. The molecule has 1 aliphatic carbocycles. The molecular weight excluding hydrogens is 352 g/mol. The van der Waals surface area contributed by atoms with E-state index in [1.165, 1.54) is 0 Å². The quantitative estimate of drug-likeness (QED) is 0.813. The average molecular weight is 379 g/mol. The number of amides is 1. The van der Waals surface area contributed by atoms with E-state index in [9.17, 15) is 4.79 Å². The van der Waals surface area contributed by atoms with Crippen LogP contribution in [0.5, 0.6) is 0 Å². The number of carbonyl (C=O) groups is 1. The van der Waals surface area contributed by atoms with Crippen LogP contribution >= 0.6 is 12.4 Å². The van der Waals surface area contributed by atoms with Crippen molar-refractivity contribution in [2.24, 2.45) is 11.7 Å². The Hall–Kier alpha value is -1.92. The molecule has 1 amide bonds. The average Bonchev–Trinajstić information content (AvgIpc) is 3.18. The van der Waals surface area contributed by atoms with Gasteiger partial charge < -0.3 is 15.6 Å². The second-order valence-corrected chi connectivity index (χ2v) is 7.46. The van der Waals surface area contributed by atoms with Gasteiger partial charge >= 0.3 is 0 Å². The van der Waals surface area contributed by atoms with E-state index in [1.807, 2.05) is 39.0 Å². The van der Waals surface area contributed by atoms with Crippen LogP contribution in [-0.4, -0.2) is 16.0 Å². The third-order valence-corrected chi connectivity index (χ3v) is 4.71. The standard InChI is InChI=1S/C19H26N4O2.ClH/c1-12(2)10-16(24)21-15-7-6-14(11-13(15)3)17-22-18(23-25-17)19(20)8-4-5-9-19;/h6-7,11-12H,4-5,8-10,20H2,1-3H3,(H,21,24);1H. The van der Waals surface area contributed by atoms with Crippen LogP contribution in [0.15, 0.2) is 22.7 Å². The minimum Gasteiger partial charge on any atom is -0.334 e. The molecule has 1 aromatic heterocycles. The Labute approximate surface area is 160 Å². The monoisotopic (exact) mass is 378 g/mol. The van der Waals surface area contributed by atoms with Gasteiger partial charge in [-0.1, -0.05) is 31.8 Å². The predicted molar refractivity (Wildman–Crippen MR) is 104 cm³/mol. The fourth-order valence-corrected chi connectivity index (χ4v) is 3.28. The molecule has 0 atom stereocenters. The van der Waals surface area contributed by atoms with Crippen LogP contribution in [-0.2, 0) is 10.3 Å². The van der Waals surface area contributed by atoms with Gasteiger partial charge in [0.05, 0.1) is 5.54 Å². The molecule has 2 aromatic rings. The van der Waals surface area contributed by atoms with Crippen LogP contribution in [0.4, 0.5) is 5.69 Å². The Morgan fingerprint density at radius 3 is 2.65 bits per heavy atom. The van der Waals surface area contributed by atoms with E-state index in [-0.39, 0.29) is 18.3 Å². The number of aromatic nitrogens is 2. The Morgan fingerprint density at radius 2 is 2.04 bits per heavy atom. The second kappa shape index (κ2) is 8.18. The van der Waals surface area contributed by atoms with Crippen LogP contribution in [0, 0.1) is 12.8 Å². The van der Waals surface area contributed by atoms with Crippen LogP contribution < -0.4 is 11.1 Å². The summed E-state index contributed by atoms with van der Waals surface area (Å²) in [6.07, 6.45) is 4.50. The van der Waals surface area contributed by atoms with Crippen LogP contribution in [0.25, 0.3) is 11.5 Å². The lowest BCUT2D eigenvalue weighted by atomic mass is 9.98. The summed E-state index contributed by atoms with van der Waals surface area (Å²) in [5, 5.41) is 7.05. The Kier molecular flexibility index (Phi) is 6.42. The van der Waals surface area contributed by atoms with E-state index < -0.39 is 5.54 Å². The highest BCUT2D eigenvalue weighted by Gasteiger charge is 2.36. The van der Waals surface area contributed by atoms with Gasteiger partial charge in [-0.2, -0.15) is 4.98 Å². The van der Waals surface area contributed by atoms with Crippen LogP contribution in [0.1, 0.15) is 57.3 Å². The van der Waals surface area contributed by atoms with E-state index in [2.05, 4.69) is 15.5 Å². The number of carbonyl (C=O) groups excluding carboxylic acids is 1. The van der Waals surface area contributed by atoms with Crippen molar-refractivity contribution >= 4 is 24.0 Å². The first-order chi connectivity index (χ1) is 11.9. The number of halogens is 1. The molecule has 1 heterocycles. The summed E-state index contributed by atoms with van der Waals surface area (Å²) in [7, 11) is 0. The number of benzene rings is 1. The number of aryl methyl sites for hydroxylation is 1. The van der Waals surface area contributed by atoms with E-state index in [0.29, 0.717) is 24.1 Å². The summed E-state index contributed by atoms with van der Waals surface area (Å²) in [5.41, 5.74) is 8.53. The number of nitrogens with one attached hydrogen (secondary N) is 1. The van der Waals surface area contributed by atoms with Gasteiger partial charge in [-0.3, -0.25) is 4.79 Å². The number of hydrogen-bond acceptors (Lipinski definition) is 5. The lowest BCUT2D eigenvalue weighted by molar-refractivity contribution is -0.116. The lowest BCUT2D eigenvalue weighted by Crippen LogP contribution is -2.34. The van der Waals surface area contributed by atoms with E-state index in [4.69, 9.17) is 10.3 Å². The molecule has 142 valence electrons. The fraction of sp³-hybridized carbons (Fsp3) is 0.526. The highest BCUT2D eigenvalue weighted by molar-refractivity contribution is 5.91. The van der Waals surface area contributed by atoms with Crippen LogP contribution in [0.3, 0.4) is 0 Å². The summed E-state index contributed by atoms with van der Waals surface area (Å²) < 4.78 is 5.43. The van der Waals surface area contributed by atoms with E-state index in [1.54, 1.807) is 0 Å². The molecule has 0 bridgehead atoms. The van der Waals surface area contributed by atoms with Crippen molar-refractivity contribution in [3.63, 3.8) is 0 Å². The van der Waals surface area contributed by atoms with Gasteiger partial charge in [-0.15, -0.1) is 12.4 Å². The van der Waals surface area contributed by atoms with Crippen molar-refractivity contribution in [2.75, 3.05) is 5.32 Å². The molecule has 3 N–H and O–H groups in total. The first-order valence-corrected chi connectivity index (χ1v) is 8.91. The number of hydrogen-bond donors (Lipinski definition) is 2. The highest BCUT2D eigenvalue weighted by atomic mass is 35.5. The SMILES string of the molecule is Cc1cc(-c2nc(C3(N)CCCC3)no2)ccc1NC(=O)CC(C)C.Cl. The predicted octanol–water partition coefficient (Wildman–Crippen LogP) is 4.18. The molecule has 0 aliphatic heterocycles. The van der Waals surface area contributed by atoms with Gasteiger partial charge in [-0.05, 0) is 49.4 Å². The first kappa shape index (κ1) is 20.4.